The Hall–Kier alpha value is -1.75. The third-order valence-electron chi connectivity index (χ3n) is 11.3. The zero-order valence-electron chi connectivity index (χ0n) is 34.4. The highest BCUT2D eigenvalue weighted by Gasteiger charge is 2.60. The summed E-state index contributed by atoms with van der Waals surface area (Å²) in [6.45, 7) is 5.11. The van der Waals surface area contributed by atoms with Gasteiger partial charge in [-0.1, -0.05) is 79.2 Å². The molecule has 3 saturated heterocycles. The number of aromatic nitrogens is 7. The number of hydrogen-bond acceptors (Lipinski definition) is 17. The first-order valence-electron chi connectivity index (χ1n) is 19.5. The summed E-state index contributed by atoms with van der Waals surface area (Å²) in [5.74, 6) is 0.0479. The van der Waals surface area contributed by atoms with Crippen LogP contribution in [-0.4, -0.2) is 111 Å². The Bertz CT molecular complexity index is 2400. The summed E-state index contributed by atoms with van der Waals surface area (Å²) < 4.78 is 84.5. The van der Waals surface area contributed by atoms with E-state index < -0.39 is 98.6 Å². The van der Waals surface area contributed by atoms with Gasteiger partial charge in [-0.05, 0) is 34.0 Å². The van der Waals surface area contributed by atoms with Crippen molar-refractivity contribution in [3.63, 3.8) is 0 Å². The Kier molecular flexibility index (Phi) is 13.6. The molecule has 5 N–H and O–H groups in total. The third-order valence-corrected chi connectivity index (χ3v) is 24.5. The minimum absolute atomic E-state index is 0.0205. The molecule has 2 bridgehead atoms. The number of anilines is 1. The van der Waals surface area contributed by atoms with E-state index in [0.717, 1.165) is 0 Å². The van der Waals surface area contributed by atoms with Crippen LogP contribution in [0.4, 0.5) is 10.2 Å². The van der Waals surface area contributed by atoms with Crippen molar-refractivity contribution in [3.05, 3.63) is 40.6 Å². The van der Waals surface area contributed by atoms with Crippen molar-refractivity contribution in [1.82, 2.24) is 34.1 Å². The summed E-state index contributed by atoms with van der Waals surface area (Å²) >= 11 is 16.5. The molecule has 0 radical (unpaired) electrons. The van der Waals surface area contributed by atoms with Gasteiger partial charge in [0.2, 0.25) is 0 Å². The second-order valence-electron chi connectivity index (χ2n) is 16.4. The molecule has 20 nitrogen and oxygen atoms in total. The van der Waals surface area contributed by atoms with Crippen molar-refractivity contribution >= 4 is 94.3 Å². The molecule has 2 unspecified atom stereocenters. The molecule has 3 fully saturated rings. The van der Waals surface area contributed by atoms with Crippen molar-refractivity contribution in [2.75, 3.05) is 18.9 Å². The fraction of sp³-hybridized carbons (Fsp3) is 0.667. The van der Waals surface area contributed by atoms with Gasteiger partial charge in [-0.2, -0.15) is 0 Å². The zero-order valence-corrected chi connectivity index (χ0v) is 40.7. The van der Waals surface area contributed by atoms with Crippen molar-refractivity contribution in [3.8, 4) is 0 Å². The minimum Gasteiger partial charge on any atom is -0.414 e. The van der Waals surface area contributed by atoms with Gasteiger partial charge in [0.05, 0.1) is 30.9 Å². The topological polar surface area (TPSA) is 252 Å². The number of imidazole rings is 1. The number of hydrogen-bond donors (Lipinski definition) is 5. The minimum atomic E-state index is -4.54. The number of halogens is 2. The van der Waals surface area contributed by atoms with Crippen LogP contribution < -0.4 is 11.3 Å². The van der Waals surface area contributed by atoms with E-state index in [4.69, 9.17) is 65.3 Å². The lowest BCUT2D eigenvalue weighted by Crippen LogP contribution is -2.62. The average molecular weight is 988 g/mol. The predicted octanol–water partition coefficient (Wildman–Crippen LogP) is 5.92. The van der Waals surface area contributed by atoms with E-state index in [2.05, 4.69) is 37.2 Å². The molecular weight excluding hydrogens is 937 g/mol. The van der Waals surface area contributed by atoms with Crippen LogP contribution in [-0.2, 0) is 52.5 Å². The van der Waals surface area contributed by atoms with Gasteiger partial charge in [0.25, 0.3) is 5.56 Å². The standard InChI is InChI=1S/C33H50ClFN8O12P2S2Si2/c1-15(2)60(47,16(3)4)55-61(17(5)6,18(7)8)54-26-21-11-49-56(45,58)52-25-20(50-32(23(25)35)43-14-41-24-28(36)37-12-39-30(24)43)10-48-57(46,59)53-27(26)33(51-21)42-9-19(34)22-29(42)38-13-40-31(22)44/h9,12-18,20-21,23,25-27,32-33,47H,10-11H2,1-8H3,(H,45,58)(H,46,59)(H2,36,37,39)(H,38,40,44)/t20-,21-,23-,25-,26-,27-,32-,33-,56?,57?/m1/s1. The number of nitrogens with two attached hydrogens (primary N) is 1. The Balaban J connectivity index is 1.32. The summed E-state index contributed by atoms with van der Waals surface area (Å²) in [4.78, 5) is 56.3. The van der Waals surface area contributed by atoms with Crippen molar-refractivity contribution < 1.29 is 54.8 Å². The highest BCUT2D eigenvalue weighted by Crippen LogP contribution is 2.59. The maximum Gasteiger partial charge on any atom is 0.386 e. The molecule has 4 aromatic rings. The van der Waals surface area contributed by atoms with Gasteiger partial charge in [-0.15, -0.1) is 0 Å². The molecule has 3 aliphatic heterocycles. The maximum atomic E-state index is 16.6. The van der Waals surface area contributed by atoms with Gasteiger partial charge < -0.3 is 47.5 Å². The van der Waals surface area contributed by atoms with Gasteiger partial charge in [-0.3, -0.25) is 22.9 Å². The fourth-order valence-electron chi connectivity index (χ4n) is 8.07. The summed E-state index contributed by atoms with van der Waals surface area (Å²) in [7, 11) is -7.21. The van der Waals surface area contributed by atoms with Gasteiger partial charge in [0, 0.05) is 6.20 Å². The SMILES string of the molecule is CC(C)[Si](O)(O[Si](O[C@H]1[C@H]2OP(O)(=S)OC[C@H]3O[C@@H](n4cnc5c(N)ncnc54)[C@H](F)[C@@H]3OP(=O)(S)OC[C@H]1O[C@H]2n1cc(Cl)c2c(=O)[nH]cnc21)(C(C)C)C(C)C)C(C)C. The molecule has 0 aliphatic carbocycles. The average Bonchev–Trinajstić information content (AvgIpc) is 3.92. The molecule has 0 aromatic carbocycles. The second kappa shape index (κ2) is 17.6. The number of alkyl halides is 1. The highest BCUT2D eigenvalue weighted by atomic mass is 35.5. The highest BCUT2D eigenvalue weighted by molar-refractivity contribution is 8.44. The summed E-state index contributed by atoms with van der Waals surface area (Å²) in [5.41, 5.74) is 4.73. The number of thiol groups is 1. The molecule has 28 heteroatoms. The van der Waals surface area contributed by atoms with E-state index >= 15 is 4.39 Å². The van der Waals surface area contributed by atoms with Crippen LogP contribution in [0.1, 0.15) is 67.8 Å². The summed E-state index contributed by atoms with van der Waals surface area (Å²) in [5, 5.41) is 0.0547. The quantitative estimate of drug-likeness (QED) is 0.0702. The zero-order chi connectivity index (χ0) is 44.6. The van der Waals surface area contributed by atoms with Gasteiger partial charge in [-0.25, -0.2) is 28.9 Å². The van der Waals surface area contributed by atoms with E-state index in [-0.39, 0.29) is 55.2 Å². The number of ether oxygens (including phenoxy) is 2. The monoisotopic (exact) mass is 986 g/mol. The van der Waals surface area contributed by atoms with Crippen LogP contribution in [0.15, 0.2) is 30.0 Å². The first-order chi connectivity index (χ1) is 28.5. The molecule has 0 saturated carbocycles. The Morgan fingerprint density at radius 2 is 1.62 bits per heavy atom. The predicted molar refractivity (Wildman–Crippen MR) is 233 cm³/mol. The molecule has 0 amide bonds. The Labute approximate surface area is 367 Å². The number of nitrogens with zero attached hydrogens (tertiary/aromatic N) is 6. The third kappa shape index (κ3) is 8.86. The van der Waals surface area contributed by atoms with E-state index in [0.29, 0.717) is 0 Å². The second-order valence-corrected chi connectivity index (χ2v) is 31.1. The number of rotatable bonds is 10. The number of fused-ring (bicyclic) bond motifs is 5. The van der Waals surface area contributed by atoms with E-state index in [1.54, 1.807) is 0 Å². The Morgan fingerprint density at radius 3 is 2.28 bits per heavy atom. The lowest BCUT2D eigenvalue weighted by molar-refractivity contribution is -0.0586. The smallest absolute Gasteiger partial charge is 0.386 e. The largest absolute Gasteiger partial charge is 0.414 e. The first kappa shape index (κ1) is 47.2. The maximum absolute atomic E-state index is 16.6. The number of aromatic amines is 1. The van der Waals surface area contributed by atoms with Gasteiger partial charge in [0.15, 0.2) is 35.7 Å². The molecule has 0 spiro atoms. The molecule has 4 aromatic heterocycles. The van der Waals surface area contributed by atoms with Crippen LogP contribution >= 0.6 is 37.4 Å². The summed E-state index contributed by atoms with van der Waals surface area (Å²) in [6.07, 6.45) is -6.82. The molecule has 10 atom stereocenters. The van der Waals surface area contributed by atoms with E-state index in [9.17, 15) is 19.0 Å². The molecule has 3 aliphatic rings. The van der Waals surface area contributed by atoms with Gasteiger partial charge in [0.1, 0.15) is 47.8 Å². The lowest BCUT2D eigenvalue weighted by Gasteiger charge is -2.47. The Morgan fingerprint density at radius 1 is 0.967 bits per heavy atom. The molecule has 61 heavy (non-hydrogen) atoms. The van der Waals surface area contributed by atoms with Crippen molar-refractivity contribution in [2.45, 2.75) is 127 Å². The summed E-state index contributed by atoms with van der Waals surface area (Å²) in [6, 6.07) is 0. The van der Waals surface area contributed by atoms with Crippen LogP contribution in [0.5, 0.6) is 0 Å². The van der Waals surface area contributed by atoms with Gasteiger partial charge >= 0.3 is 30.6 Å². The fourth-order valence-corrected chi connectivity index (χ4v) is 21.2. The van der Waals surface area contributed by atoms with E-state index in [1.807, 2.05) is 55.4 Å². The normalized spacial score (nSPS) is 32.0. The van der Waals surface area contributed by atoms with Crippen molar-refractivity contribution in [1.29, 1.82) is 0 Å². The molecular formula is C33H50ClFN8O12P2S2Si2. The van der Waals surface area contributed by atoms with Crippen LogP contribution in [0.3, 0.4) is 0 Å². The number of nitrogen functional groups attached to an aromatic ring is 1. The molecule has 7 rings (SSSR count). The van der Waals surface area contributed by atoms with E-state index in [1.165, 1.54) is 34.3 Å². The first-order valence-corrected chi connectivity index (χ1v) is 29.2. The number of H-pyrrole nitrogens is 1. The van der Waals surface area contributed by atoms with Crippen LogP contribution in [0, 0.1) is 0 Å². The van der Waals surface area contributed by atoms with Crippen molar-refractivity contribution in [2.24, 2.45) is 0 Å². The van der Waals surface area contributed by atoms with Crippen LogP contribution in [0.2, 0.25) is 27.2 Å². The lowest BCUT2D eigenvalue weighted by atomic mass is 10.1. The molecule has 7 heterocycles. The number of nitrogens with one attached hydrogen (secondary N) is 1. The van der Waals surface area contributed by atoms with Crippen LogP contribution in [0.25, 0.3) is 22.2 Å². The molecule has 338 valence electrons.